The Bertz CT molecular complexity index is 1050. The molecule has 1 saturated heterocycles. The highest BCUT2D eigenvalue weighted by atomic mass is 32.1. The van der Waals surface area contributed by atoms with Gasteiger partial charge in [0.25, 0.3) is 11.5 Å². The fraction of sp³-hybridized carbons (Fsp3) is 0.474. The second kappa shape index (κ2) is 7.05. The van der Waals surface area contributed by atoms with Gasteiger partial charge < -0.3 is 9.80 Å². The van der Waals surface area contributed by atoms with E-state index in [0.29, 0.717) is 36.6 Å². The number of carbonyl (C=O) groups excluding carboxylic acids is 1. The Labute approximate surface area is 166 Å². The first-order valence-electron chi connectivity index (χ1n) is 9.39. The summed E-state index contributed by atoms with van der Waals surface area (Å²) in [7, 11) is 0. The predicted octanol–water partition coefficient (Wildman–Crippen LogP) is 2.29. The summed E-state index contributed by atoms with van der Waals surface area (Å²) in [6, 6.07) is 1.86. The van der Waals surface area contributed by atoms with Gasteiger partial charge >= 0.3 is 0 Å². The Morgan fingerprint density at radius 2 is 2.04 bits per heavy atom. The Morgan fingerprint density at radius 1 is 1.21 bits per heavy atom. The zero-order chi connectivity index (χ0) is 19.9. The number of H-pyrrole nitrogens is 1. The van der Waals surface area contributed by atoms with Gasteiger partial charge in [-0.15, -0.1) is 0 Å². The summed E-state index contributed by atoms with van der Waals surface area (Å²) in [5, 5.41) is 8.65. The smallest absolute Gasteiger partial charge is 0.263 e. The summed E-state index contributed by atoms with van der Waals surface area (Å²) in [6.45, 7) is 8.72. The third kappa shape index (κ3) is 3.42. The minimum Gasteiger partial charge on any atom is -0.340 e. The molecule has 1 fully saturated rings. The van der Waals surface area contributed by atoms with E-state index in [1.54, 1.807) is 10.9 Å². The summed E-state index contributed by atoms with van der Waals surface area (Å²) in [5.74, 6) is 0.596. The molecule has 0 aliphatic carbocycles. The van der Waals surface area contributed by atoms with E-state index >= 15 is 0 Å². The number of amides is 1. The van der Waals surface area contributed by atoms with E-state index < -0.39 is 0 Å². The van der Waals surface area contributed by atoms with Crippen molar-refractivity contribution < 1.29 is 4.79 Å². The number of fused-ring (bicyclic) bond motifs is 1. The number of aromatic amines is 1. The molecule has 1 N–H and O–H groups in total. The van der Waals surface area contributed by atoms with Crippen LogP contribution in [-0.4, -0.2) is 56.7 Å². The highest BCUT2D eigenvalue weighted by molar-refractivity contribution is 7.08. The molecular weight excluding hydrogens is 376 g/mol. The van der Waals surface area contributed by atoms with Crippen molar-refractivity contribution in [3.05, 3.63) is 38.9 Å². The SMILES string of the molecule is CC(C)(C)n1ncc2c(=O)[nH]c(N3CCCN(C(=O)c4ccsc4)CC3)nc21. The molecule has 0 bridgehead atoms. The minimum absolute atomic E-state index is 0.0609. The van der Waals surface area contributed by atoms with Crippen LogP contribution >= 0.6 is 11.3 Å². The molecule has 3 aromatic heterocycles. The van der Waals surface area contributed by atoms with E-state index in [0.717, 1.165) is 18.5 Å². The van der Waals surface area contributed by atoms with Crippen LogP contribution in [-0.2, 0) is 5.54 Å². The number of carbonyl (C=O) groups is 1. The molecule has 28 heavy (non-hydrogen) atoms. The molecule has 0 radical (unpaired) electrons. The zero-order valence-corrected chi connectivity index (χ0v) is 17.1. The molecule has 1 aliphatic heterocycles. The molecule has 0 atom stereocenters. The van der Waals surface area contributed by atoms with Crippen molar-refractivity contribution in [1.82, 2.24) is 24.6 Å². The van der Waals surface area contributed by atoms with Crippen LogP contribution in [0.3, 0.4) is 0 Å². The average Bonchev–Trinajstić information content (AvgIpc) is 3.26. The van der Waals surface area contributed by atoms with E-state index in [2.05, 4.69) is 10.1 Å². The summed E-state index contributed by atoms with van der Waals surface area (Å²) < 4.78 is 1.78. The molecule has 4 rings (SSSR count). The van der Waals surface area contributed by atoms with Gasteiger partial charge in [-0.2, -0.15) is 21.4 Å². The van der Waals surface area contributed by atoms with Crippen LogP contribution in [0.1, 0.15) is 37.6 Å². The van der Waals surface area contributed by atoms with E-state index in [1.165, 1.54) is 11.3 Å². The first kappa shape index (κ1) is 18.7. The van der Waals surface area contributed by atoms with Gasteiger partial charge in [-0.3, -0.25) is 14.6 Å². The minimum atomic E-state index is -0.275. The van der Waals surface area contributed by atoms with Crippen LogP contribution in [0.5, 0.6) is 0 Å². The third-order valence-corrected chi connectivity index (χ3v) is 5.60. The van der Waals surface area contributed by atoms with Crippen molar-refractivity contribution in [2.75, 3.05) is 31.1 Å². The van der Waals surface area contributed by atoms with Gasteiger partial charge in [-0.05, 0) is 38.6 Å². The van der Waals surface area contributed by atoms with Crippen LogP contribution in [0.15, 0.2) is 27.8 Å². The van der Waals surface area contributed by atoms with E-state index in [9.17, 15) is 9.59 Å². The summed E-state index contributed by atoms with van der Waals surface area (Å²) in [4.78, 5) is 36.7. The van der Waals surface area contributed by atoms with E-state index in [1.807, 2.05) is 47.4 Å². The van der Waals surface area contributed by atoms with Gasteiger partial charge in [0.1, 0.15) is 5.39 Å². The predicted molar refractivity (Wildman–Crippen MR) is 110 cm³/mol. The lowest BCUT2D eigenvalue weighted by molar-refractivity contribution is 0.0767. The lowest BCUT2D eigenvalue weighted by Crippen LogP contribution is -2.36. The highest BCUT2D eigenvalue weighted by Crippen LogP contribution is 2.20. The molecule has 0 unspecified atom stereocenters. The Kier molecular flexibility index (Phi) is 4.70. The number of hydrogen-bond acceptors (Lipinski definition) is 6. The second-order valence-electron chi connectivity index (χ2n) is 8.00. The quantitative estimate of drug-likeness (QED) is 0.713. The standard InChI is InChI=1S/C19H24N6O2S/c1-19(2,3)25-15-14(11-20-25)16(26)22-18(21-15)24-7-4-6-23(8-9-24)17(27)13-5-10-28-12-13/h5,10-12H,4,6-9H2,1-3H3,(H,21,22,26). The van der Waals surface area contributed by atoms with Gasteiger partial charge in [0.2, 0.25) is 5.95 Å². The molecule has 4 heterocycles. The average molecular weight is 401 g/mol. The number of anilines is 1. The zero-order valence-electron chi connectivity index (χ0n) is 16.3. The maximum absolute atomic E-state index is 12.6. The van der Waals surface area contributed by atoms with Crippen LogP contribution in [0, 0.1) is 0 Å². The molecule has 1 aliphatic rings. The van der Waals surface area contributed by atoms with Crippen LogP contribution in [0.4, 0.5) is 5.95 Å². The topological polar surface area (TPSA) is 87.1 Å². The number of hydrogen-bond donors (Lipinski definition) is 1. The highest BCUT2D eigenvalue weighted by Gasteiger charge is 2.24. The van der Waals surface area contributed by atoms with Crippen molar-refractivity contribution in [3.63, 3.8) is 0 Å². The number of thiophene rings is 1. The van der Waals surface area contributed by atoms with Gasteiger partial charge in [0.15, 0.2) is 5.65 Å². The monoisotopic (exact) mass is 400 g/mol. The van der Waals surface area contributed by atoms with Gasteiger partial charge in [-0.1, -0.05) is 0 Å². The summed E-state index contributed by atoms with van der Waals surface area (Å²) >= 11 is 1.53. The van der Waals surface area contributed by atoms with Gasteiger partial charge in [-0.25, -0.2) is 4.68 Å². The van der Waals surface area contributed by atoms with Gasteiger partial charge in [0.05, 0.1) is 17.3 Å². The summed E-state index contributed by atoms with van der Waals surface area (Å²) in [5.41, 5.74) is 0.857. The maximum Gasteiger partial charge on any atom is 0.263 e. The van der Waals surface area contributed by atoms with Crippen molar-refractivity contribution >= 4 is 34.2 Å². The number of nitrogens with zero attached hydrogens (tertiary/aromatic N) is 5. The van der Waals surface area contributed by atoms with Gasteiger partial charge in [0, 0.05) is 31.6 Å². The molecule has 3 aromatic rings. The molecule has 0 saturated carbocycles. The molecular formula is C19H24N6O2S. The lowest BCUT2D eigenvalue weighted by Gasteiger charge is -2.23. The van der Waals surface area contributed by atoms with E-state index in [4.69, 9.17) is 4.98 Å². The Hall–Kier alpha value is -2.68. The molecule has 1 amide bonds. The normalized spacial score (nSPS) is 15.8. The lowest BCUT2D eigenvalue weighted by atomic mass is 10.1. The first-order chi connectivity index (χ1) is 13.3. The van der Waals surface area contributed by atoms with Crippen LogP contribution in [0.2, 0.25) is 0 Å². The number of aromatic nitrogens is 4. The maximum atomic E-state index is 12.6. The second-order valence-corrected chi connectivity index (χ2v) is 8.78. The molecule has 9 heteroatoms. The van der Waals surface area contributed by atoms with Crippen molar-refractivity contribution in [3.8, 4) is 0 Å². The van der Waals surface area contributed by atoms with Crippen molar-refractivity contribution in [2.45, 2.75) is 32.7 Å². The Morgan fingerprint density at radius 3 is 2.75 bits per heavy atom. The fourth-order valence-corrected chi connectivity index (χ4v) is 4.08. The fourth-order valence-electron chi connectivity index (χ4n) is 3.45. The first-order valence-corrected chi connectivity index (χ1v) is 10.3. The van der Waals surface area contributed by atoms with Crippen LogP contribution in [0.25, 0.3) is 11.0 Å². The van der Waals surface area contributed by atoms with Crippen molar-refractivity contribution in [2.24, 2.45) is 0 Å². The van der Waals surface area contributed by atoms with Crippen LogP contribution < -0.4 is 10.5 Å². The largest absolute Gasteiger partial charge is 0.340 e. The number of nitrogens with one attached hydrogen (secondary N) is 1. The molecule has 8 nitrogen and oxygen atoms in total. The number of rotatable bonds is 2. The third-order valence-electron chi connectivity index (χ3n) is 4.91. The molecule has 0 aromatic carbocycles. The summed E-state index contributed by atoms with van der Waals surface area (Å²) in [6.07, 6.45) is 2.38. The van der Waals surface area contributed by atoms with E-state index in [-0.39, 0.29) is 17.0 Å². The molecule has 148 valence electrons. The molecule has 0 spiro atoms. The van der Waals surface area contributed by atoms with Crippen molar-refractivity contribution in [1.29, 1.82) is 0 Å². The Balaban J connectivity index is 1.60.